The van der Waals surface area contributed by atoms with Gasteiger partial charge in [-0.15, -0.1) is 0 Å². The average molecular weight is 180 g/mol. The fourth-order valence-electron chi connectivity index (χ4n) is 1.49. The number of rotatable bonds is 3. The van der Waals surface area contributed by atoms with E-state index < -0.39 is 0 Å². The van der Waals surface area contributed by atoms with E-state index in [-0.39, 0.29) is 0 Å². The Hall–Kier alpha value is -0.520. The number of unbranched alkanes of at least 4 members (excludes halogenated alkanes) is 1. The Balaban J connectivity index is 0.000000671. The Labute approximate surface area is 83.7 Å². The van der Waals surface area contributed by atoms with Crippen molar-refractivity contribution in [3.8, 4) is 0 Å². The third-order valence-electron chi connectivity index (χ3n) is 2.20. The van der Waals surface area contributed by atoms with Crippen LogP contribution in [-0.4, -0.2) is 0 Å². The zero-order valence-electron chi connectivity index (χ0n) is 9.69. The lowest BCUT2D eigenvalue weighted by atomic mass is 9.97. The molecule has 1 aliphatic rings. The molecule has 0 aromatic rings. The van der Waals surface area contributed by atoms with Gasteiger partial charge >= 0.3 is 0 Å². The Bertz CT molecular complexity index is 172. The van der Waals surface area contributed by atoms with Crippen LogP contribution in [0.3, 0.4) is 0 Å². The molecule has 0 saturated heterocycles. The van der Waals surface area contributed by atoms with Crippen LogP contribution in [0.25, 0.3) is 0 Å². The van der Waals surface area contributed by atoms with Crippen LogP contribution in [0, 0.1) is 0 Å². The molecule has 0 fully saturated rings. The van der Waals surface area contributed by atoms with E-state index in [0.29, 0.717) is 0 Å². The second kappa shape index (κ2) is 8.10. The molecule has 0 aromatic carbocycles. The summed E-state index contributed by atoms with van der Waals surface area (Å²) in [5.74, 6) is 0. The van der Waals surface area contributed by atoms with E-state index in [1.807, 2.05) is 13.8 Å². The Kier molecular flexibility index (Phi) is 7.77. The summed E-state index contributed by atoms with van der Waals surface area (Å²) in [6.45, 7) is 8.49. The van der Waals surface area contributed by atoms with Crippen molar-refractivity contribution in [2.24, 2.45) is 0 Å². The molecule has 1 rings (SSSR count). The summed E-state index contributed by atoms with van der Waals surface area (Å²) in [6.07, 6.45) is 11.2. The summed E-state index contributed by atoms with van der Waals surface area (Å²) in [5, 5.41) is 0. The molecule has 0 saturated carbocycles. The zero-order valence-corrected chi connectivity index (χ0v) is 9.69. The van der Waals surface area contributed by atoms with Gasteiger partial charge in [0.2, 0.25) is 0 Å². The summed E-state index contributed by atoms with van der Waals surface area (Å²) in [4.78, 5) is 0. The highest BCUT2D eigenvalue weighted by molar-refractivity contribution is 5.26. The van der Waals surface area contributed by atoms with E-state index in [2.05, 4.69) is 26.0 Å². The molecular formula is C13H24. The molecule has 0 amide bonds. The molecular weight excluding hydrogens is 156 g/mol. The summed E-state index contributed by atoms with van der Waals surface area (Å²) >= 11 is 0. The van der Waals surface area contributed by atoms with Crippen molar-refractivity contribution in [1.29, 1.82) is 0 Å². The van der Waals surface area contributed by atoms with E-state index in [0.717, 1.165) is 0 Å². The third-order valence-corrected chi connectivity index (χ3v) is 2.20. The molecule has 0 aromatic heterocycles. The van der Waals surface area contributed by atoms with Gasteiger partial charge in [0, 0.05) is 0 Å². The monoisotopic (exact) mass is 180 g/mol. The maximum atomic E-state index is 2.39. The maximum absolute atomic E-state index is 2.39. The van der Waals surface area contributed by atoms with Gasteiger partial charge in [0.15, 0.2) is 0 Å². The molecule has 13 heavy (non-hydrogen) atoms. The van der Waals surface area contributed by atoms with Gasteiger partial charge in [0.05, 0.1) is 0 Å². The van der Waals surface area contributed by atoms with Crippen molar-refractivity contribution >= 4 is 0 Å². The standard InChI is InChI=1S/C11H18.C2H6/c1-3-4-7-11-8-5-6-10(2)9-11;1-2/h8-9H,3-7H2,1-2H3;1-2H3. The Morgan fingerprint density at radius 1 is 1.31 bits per heavy atom. The first kappa shape index (κ1) is 12.5. The zero-order chi connectivity index (χ0) is 10.1. The second-order valence-electron chi connectivity index (χ2n) is 3.41. The van der Waals surface area contributed by atoms with E-state index in [1.165, 1.54) is 32.1 Å². The van der Waals surface area contributed by atoms with Gasteiger partial charge in [-0.1, -0.05) is 50.5 Å². The fourth-order valence-corrected chi connectivity index (χ4v) is 1.49. The minimum absolute atomic E-state index is 1.27. The van der Waals surface area contributed by atoms with Gasteiger partial charge in [0.1, 0.15) is 0 Å². The van der Waals surface area contributed by atoms with Crippen LogP contribution in [0.4, 0.5) is 0 Å². The van der Waals surface area contributed by atoms with Gasteiger partial charge < -0.3 is 0 Å². The first-order valence-electron chi connectivity index (χ1n) is 5.69. The molecule has 0 unspecified atom stereocenters. The van der Waals surface area contributed by atoms with Crippen molar-refractivity contribution < 1.29 is 0 Å². The lowest BCUT2D eigenvalue weighted by Crippen LogP contribution is -1.89. The summed E-state index contributed by atoms with van der Waals surface area (Å²) in [5.41, 5.74) is 3.12. The molecule has 1 aliphatic carbocycles. The van der Waals surface area contributed by atoms with Gasteiger partial charge in [-0.3, -0.25) is 0 Å². The normalized spacial score (nSPS) is 15.4. The lowest BCUT2D eigenvalue weighted by molar-refractivity contribution is 0.784. The maximum Gasteiger partial charge on any atom is -0.0282 e. The van der Waals surface area contributed by atoms with Crippen molar-refractivity contribution in [3.05, 3.63) is 23.3 Å². The van der Waals surface area contributed by atoms with Crippen LogP contribution in [-0.2, 0) is 0 Å². The smallest absolute Gasteiger partial charge is 0.0282 e. The quantitative estimate of drug-likeness (QED) is 0.581. The van der Waals surface area contributed by atoms with Crippen molar-refractivity contribution in [2.45, 2.75) is 59.8 Å². The molecule has 0 spiro atoms. The molecule has 0 N–H and O–H groups in total. The highest BCUT2D eigenvalue weighted by Gasteiger charge is 2.00. The number of hydrogen-bond acceptors (Lipinski definition) is 0. The van der Waals surface area contributed by atoms with Crippen LogP contribution in [0.2, 0.25) is 0 Å². The minimum Gasteiger partial charge on any atom is -0.0810 e. The number of allylic oxidation sites excluding steroid dienone is 4. The van der Waals surface area contributed by atoms with Gasteiger partial charge in [-0.25, -0.2) is 0 Å². The van der Waals surface area contributed by atoms with E-state index in [1.54, 1.807) is 11.1 Å². The van der Waals surface area contributed by atoms with Crippen LogP contribution < -0.4 is 0 Å². The van der Waals surface area contributed by atoms with Crippen molar-refractivity contribution in [1.82, 2.24) is 0 Å². The lowest BCUT2D eigenvalue weighted by Gasteiger charge is -2.09. The van der Waals surface area contributed by atoms with Crippen LogP contribution >= 0.6 is 0 Å². The molecule has 0 nitrogen and oxygen atoms in total. The first-order chi connectivity index (χ1) is 6.33. The number of hydrogen-bond donors (Lipinski definition) is 0. The Morgan fingerprint density at radius 2 is 2.00 bits per heavy atom. The largest absolute Gasteiger partial charge is 0.0810 e. The third kappa shape index (κ3) is 5.68. The van der Waals surface area contributed by atoms with E-state index >= 15 is 0 Å². The summed E-state index contributed by atoms with van der Waals surface area (Å²) in [6, 6.07) is 0. The first-order valence-corrected chi connectivity index (χ1v) is 5.69. The fraction of sp³-hybridized carbons (Fsp3) is 0.692. The highest BCUT2D eigenvalue weighted by Crippen LogP contribution is 2.20. The van der Waals surface area contributed by atoms with Crippen LogP contribution in [0.15, 0.2) is 23.3 Å². The van der Waals surface area contributed by atoms with Gasteiger partial charge in [-0.2, -0.15) is 0 Å². The van der Waals surface area contributed by atoms with E-state index in [4.69, 9.17) is 0 Å². The molecule has 0 heteroatoms. The van der Waals surface area contributed by atoms with Crippen LogP contribution in [0.1, 0.15) is 59.8 Å². The molecule has 0 heterocycles. The second-order valence-corrected chi connectivity index (χ2v) is 3.41. The molecule has 76 valence electrons. The Morgan fingerprint density at radius 3 is 2.54 bits per heavy atom. The molecule has 0 aliphatic heterocycles. The van der Waals surface area contributed by atoms with Gasteiger partial charge in [0.25, 0.3) is 0 Å². The van der Waals surface area contributed by atoms with Gasteiger partial charge in [-0.05, 0) is 32.6 Å². The molecule has 0 atom stereocenters. The van der Waals surface area contributed by atoms with Crippen molar-refractivity contribution in [3.63, 3.8) is 0 Å². The van der Waals surface area contributed by atoms with Crippen LogP contribution in [0.5, 0.6) is 0 Å². The molecule has 0 bridgehead atoms. The highest BCUT2D eigenvalue weighted by atomic mass is 14.1. The SMILES string of the molecule is CC.CCCCC1=CCCC(C)=C1. The molecule has 0 radical (unpaired) electrons. The van der Waals surface area contributed by atoms with E-state index in [9.17, 15) is 0 Å². The predicted molar refractivity (Wildman–Crippen MR) is 61.9 cm³/mol. The minimum atomic E-state index is 1.27. The van der Waals surface area contributed by atoms with Crippen molar-refractivity contribution in [2.75, 3.05) is 0 Å². The average Bonchev–Trinajstić information content (AvgIpc) is 2.18. The predicted octanol–water partition coefficient (Wildman–Crippen LogP) is 4.87. The summed E-state index contributed by atoms with van der Waals surface area (Å²) < 4.78 is 0. The summed E-state index contributed by atoms with van der Waals surface area (Å²) in [7, 11) is 0. The topological polar surface area (TPSA) is 0 Å².